The maximum absolute atomic E-state index is 10.6. The lowest BCUT2D eigenvalue weighted by Crippen LogP contribution is -2.22. The van der Waals surface area contributed by atoms with Crippen molar-refractivity contribution in [3.05, 3.63) is 29.3 Å². The normalized spacial score (nSPS) is 10.5. The molecule has 0 saturated carbocycles. The Labute approximate surface area is 91.1 Å². The number of nitrogens with one attached hydrogen (secondary N) is 1. The van der Waals surface area contributed by atoms with Gasteiger partial charge in [-0.3, -0.25) is 10.2 Å². The first kappa shape index (κ1) is 11.0. The van der Waals surface area contributed by atoms with Crippen molar-refractivity contribution in [1.29, 1.82) is 5.26 Å². The van der Waals surface area contributed by atoms with Crippen LogP contribution in [-0.2, 0) is 4.79 Å². The quantitative estimate of drug-likeness (QED) is 0.593. The Bertz CT molecular complexity index is 450. The molecule has 0 fully saturated rings. The zero-order valence-corrected chi connectivity index (χ0v) is 8.32. The summed E-state index contributed by atoms with van der Waals surface area (Å²) in [7, 11) is 0. The van der Waals surface area contributed by atoms with Gasteiger partial charge >= 0.3 is 0 Å². The van der Waals surface area contributed by atoms with E-state index in [0.717, 1.165) is 0 Å². The molecule has 0 radical (unpaired) electrons. The zero-order chi connectivity index (χ0) is 11.3. The van der Waals surface area contributed by atoms with E-state index in [4.69, 9.17) is 22.6 Å². The van der Waals surface area contributed by atoms with Gasteiger partial charge < -0.3 is 5.73 Å². The molecule has 0 aliphatic carbocycles. The number of nitrogens with zero attached hydrogens (tertiary/aromatic N) is 2. The number of carbonyl (C=O) groups is 1. The maximum atomic E-state index is 10.6. The van der Waals surface area contributed by atoms with Gasteiger partial charge in [0.15, 0.2) is 0 Å². The second-order valence-corrected chi connectivity index (χ2v) is 3.00. The number of anilines is 1. The number of hydrazone groups is 1. The van der Waals surface area contributed by atoms with Gasteiger partial charge in [-0.1, -0.05) is 17.7 Å². The van der Waals surface area contributed by atoms with E-state index in [1.54, 1.807) is 30.3 Å². The Balaban J connectivity index is 2.80. The van der Waals surface area contributed by atoms with E-state index in [0.29, 0.717) is 10.7 Å². The van der Waals surface area contributed by atoms with E-state index < -0.39 is 11.6 Å². The molecule has 76 valence electrons. The summed E-state index contributed by atoms with van der Waals surface area (Å²) >= 11 is 5.71. The van der Waals surface area contributed by atoms with Crippen molar-refractivity contribution in [2.24, 2.45) is 10.8 Å². The first-order valence-electron chi connectivity index (χ1n) is 3.92. The van der Waals surface area contributed by atoms with Gasteiger partial charge in [-0.25, -0.2) is 0 Å². The number of nitriles is 1. The van der Waals surface area contributed by atoms with E-state index in [-0.39, 0.29) is 0 Å². The highest BCUT2D eigenvalue weighted by molar-refractivity contribution is 6.44. The fraction of sp³-hybridized carbons (Fsp3) is 0. The van der Waals surface area contributed by atoms with Gasteiger partial charge in [0.2, 0.25) is 5.71 Å². The summed E-state index contributed by atoms with van der Waals surface area (Å²) in [5.74, 6) is -0.882. The van der Waals surface area contributed by atoms with Crippen molar-refractivity contribution in [1.82, 2.24) is 0 Å². The maximum Gasteiger partial charge on any atom is 0.280 e. The Morgan fingerprint density at radius 2 is 2.33 bits per heavy atom. The molecule has 5 nitrogen and oxygen atoms in total. The van der Waals surface area contributed by atoms with Crippen LogP contribution in [0.5, 0.6) is 0 Å². The van der Waals surface area contributed by atoms with Crippen molar-refractivity contribution >= 4 is 28.9 Å². The second kappa shape index (κ2) is 4.98. The topological polar surface area (TPSA) is 91.3 Å². The zero-order valence-electron chi connectivity index (χ0n) is 7.57. The van der Waals surface area contributed by atoms with Gasteiger partial charge in [0, 0.05) is 5.02 Å². The van der Waals surface area contributed by atoms with Crippen LogP contribution in [-0.4, -0.2) is 11.6 Å². The lowest BCUT2D eigenvalue weighted by Gasteiger charge is -1.99. The molecule has 1 aromatic carbocycles. The molecule has 15 heavy (non-hydrogen) atoms. The largest absolute Gasteiger partial charge is 0.364 e. The van der Waals surface area contributed by atoms with Crippen LogP contribution in [0, 0.1) is 11.3 Å². The second-order valence-electron chi connectivity index (χ2n) is 2.56. The Kier molecular flexibility index (Phi) is 3.66. The van der Waals surface area contributed by atoms with Crippen LogP contribution < -0.4 is 11.2 Å². The molecule has 1 aromatic rings. The van der Waals surface area contributed by atoms with E-state index in [1.165, 1.54) is 0 Å². The molecule has 3 N–H and O–H groups in total. The van der Waals surface area contributed by atoms with Crippen LogP contribution in [0.2, 0.25) is 5.02 Å². The molecule has 0 saturated heterocycles. The highest BCUT2D eigenvalue weighted by Crippen LogP contribution is 2.14. The number of amides is 1. The van der Waals surface area contributed by atoms with Gasteiger partial charge in [-0.15, -0.1) is 0 Å². The van der Waals surface area contributed by atoms with Gasteiger partial charge in [-0.05, 0) is 18.2 Å². The molecule has 0 aromatic heterocycles. The third-order valence-corrected chi connectivity index (χ3v) is 1.70. The number of carbonyl (C=O) groups excluding carboxylic acids is 1. The first-order valence-corrected chi connectivity index (χ1v) is 4.30. The molecule has 0 spiro atoms. The molecular weight excluding hydrogens is 216 g/mol. The minimum absolute atomic E-state index is 0.394. The minimum Gasteiger partial charge on any atom is -0.364 e. The van der Waals surface area contributed by atoms with E-state index >= 15 is 0 Å². The molecule has 1 rings (SSSR count). The summed E-state index contributed by atoms with van der Waals surface area (Å²) in [5, 5.41) is 12.5. The van der Waals surface area contributed by atoms with Crippen LogP contribution in [0.25, 0.3) is 0 Å². The SMILES string of the molecule is N#C/C(=N\Nc1cccc(Cl)c1)C(N)=O. The van der Waals surface area contributed by atoms with Crippen molar-refractivity contribution in [2.45, 2.75) is 0 Å². The summed E-state index contributed by atoms with van der Waals surface area (Å²) in [6.07, 6.45) is 0. The third-order valence-electron chi connectivity index (χ3n) is 1.46. The molecule has 0 unspecified atom stereocenters. The standard InChI is InChI=1S/C9H7ClN4O/c10-6-2-1-3-7(4-6)13-14-8(5-11)9(12)15/h1-4,13H,(H2,12,15)/b14-8+. The summed E-state index contributed by atoms with van der Waals surface area (Å²) in [5.41, 5.74) is 7.55. The summed E-state index contributed by atoms with van der Waals surface area (Å²) in [6, 6.07) is 8.25. The number of primary amides is 1. The van der Waals surface area contributed by atoms with E-state index in [1.807, 2.05) is 0 Å². The summed E-state index contributed by atoms with van der Waals surface area (Å²) < 4.78 is 0. The highest BCUT2D eigenvalue weighted by Gasteiger charge is 2.04. The van der Waals surface area contributed by atoms with Crippen LogP contribution in [0.15, 0.2) is 29.4 Å². The molecule has 0 aliphatic heterocycles. The van der Waals surface area contributed by atoms with Gasteiger partial charge in [-0.2, -0.15) is 10.4 Å². The molecule has 0 aliphatic rings. The van der Waals surface area contributed by atoms with Gasteiger partial charge in [0.25, 0.3) is 5.91 Å². The third kappa shape index (κ3) is 3.29. The minimum atomic E-state index is -0.882. The summed E-state index contributed by atoms with van der Waals surface area (Å²) in [6.45, 7) is 0. The lowest BCUT2D eigenvalue weighted by atomic mass is 10.3. The average Bonchev–Trinajstić information content (AvgIpc) is 2.18. The smallest absolute Gasteiger partial charge is 0.280 e. The highest BCUT2D eigenvalue weighted by atomic mass is 35.5. The Morgan fingerprint density at radius 3 is 2.87 bits per heavy atom. The molecule has 1 amide bonds. The average molecular weight is 223 g/mol. The molecule has 0 atom stereocenters. The van der Waals surface area contributed by atoms with E-state index in [9.17, 15) is 4.79 Å². The van der Waals surface area contributed by atoms with Crippen LogP contribution in [0.1, 0.15) is 0 Å². The van der Waals surface area contributed by atoms with Crippen molar-refractivity contribution in [3.8, 4) is 6.07 Å². The number of halogens is 1. The summed E-state index contributed by atoms with van der Waals surface area (Å²) in [4.78, 5) is 10.6. The number of hydrogen-bond donors (Lipinski definition) is 2. The van der Waals surface area contributed by atoms with E-state index in [2.05, 4.69) is 10.5 Å². The van der Waals surface area contributed by atoms with Crippen molar-refractivity contribution < 1.29 is 4.79 Å². The first-order chi connectivity index (χ1) is 7.13. The van der Waals surface area contributed by atoms with Gasteiger partial charge in [0.1, 0.15) is 6.07 Å². The fourth-order valence-corrected chi connectivity index (χ4v) is 1.00. The van der Waals surface area contributed by atoms with Crippen LogP contribution in [0.3, 0.4) is 0 Å². The Hall–Kier alpha value is -2.06. The number of benzene rings is 1. The number of rotatable bonds is 3. The monoisotopic (exact) mass is 222 g/mol. The van der Waals surface area contributed by atoms with Crippen molar-refractivity contribution in [2.75, 3.05) is 5.43 Å². The lowest BCUT2D eigenvalue weighted by molar-refractivity contribution is -0.111. The number of nitrogens with two attached hydrogens (primary N) is 1. The number of hydrogen-bond acceptors (Lipinski definition) is 4. The van der Waals surface area contributed by atoms with Crippen LogP contribution >= 0.6 is 11.6 Å². The Morgan fingerprint density at radius 1 is 1.60 bits per heavy atom. The predicted octanol–water partition coefficient (Wildman–Crippen LogP) is 1.12. The fourth-order valence-electron chi connectivity index (χ4n) is 0.814. The van der Waals surface area contributed by atoms with Gasteiger partial charge in [0.05, 0.1) is 5.69 Å². The predicted molar refractivity (Wildman–Crippen MR) is 57.3 cm³/mol. The van der Waals surface area contributed by atoms with Crippen molar-refractivity contribution in [3.63, 3.8) is 0 Å². The molecule has 6 heteroatoms. The van der Waals surface area contributed by atoms with Crippen LogP contribution in [0.4, 0.5) is 5.69 Å². The molecule has 0 heterocycles. The molecular formula is C9H7ClN4O. The molecule has 0 bridgehead atoms.